The van der Waals surface area contributed by atoms with Gasteiger partial charge in [0.2, 0.25) is 17.6 Å². The van der Waals surface area contributed by atoms with Crippen LogP contribution in [0.3, 0.4) is 0 Å². The highest BCUT2D eigenvalue weighted by molar-refractivity contribution is 7.14. The minimum Gasteiger partial charge on any atom is -0.463 e. The van der Waals surface area contributed by atoms with Gasteiger partial charge in [-0.3, -0.25) is 9.69 Å². The van der Waals surface area contributed by atoms with Crippen LogP contribution in [0, 0.1) is 12.7 Å². The van der Waals surface area contributed by atoms with Gasteiger partial charge in [0.05, 0.1) is 48.3 Å². The van der Waals surface area contributed by atoms with Crippen molar-refractivity contribution in [3.8, 4) is 0 Å². The Labute approximate surface area is 345 Å². The van der Waals surface area contributed by atoms with E-state index in [1.54, 1.807) is 57.7 Å². The molecule has 2 aromatic heterocycles. The van der Waals surface area contributed by atoms with Gasteiger partial charge in [-0.2, -0.15) is 0 Å². The average Bonchev–Trinajstić information content (AvgIpc) is 4.06. The summed E-state index contributed by atoms with van der Waals surface area (Å²) in [5.41, 5.74) is 3.73. The maximum Gasteiger partial charge on any atom is 0.410 e. The molecular formula is C44H48FN5O8S. The molecule has 0 saturated carbocycles. The number of likely N-dealkylation sites (tertiary alicyclic amines) is 1. The molecule has 4 aliphatic rings. The molecule has 13 nitrogen and oxygen atoms in total. The topological polar surface area (TPSA) is 154 Å². The smallest absolute Gasteiger partial charge is 0.410 e. The monoisotopic (exact) mass is 825 g/mol. The largest absolute Gasteiger partial charge is 0.463 e. The first-order valence-corrected chi connectivity index (χ1v) is 20.9. The Morgan fingerprint density at radius 3 is 2.51 bits per heavy atom. The van der Waals surface area contributed by atoms with E-state index in [-0.39, 0.29) is 55.5 Å². The number of nitrogens with one attached hydrogen (secondary N) is 2. The number of halogens is 1. The molecule has 1 aliphatic carbocycles. The number of allylic oxidation sites excluding steroid dienone is 1. The third kappa shape index (κ3) is 8.15. The molecule has 8 rings (SSSR count). The fraction of sp³-hybridized carbons (Fsp3) is 0.432. The van der Waals surface area contributed by atoms with Gasteiger partial charge in [-0.25, -0.2) is 14.0 Å². The van der Waals surface area contributed by atoms with Crippen molar-refractivity contribution in [2.75, 3.05) is 26.4 Å². The van der Waals surface area contributed by atoms with E-state index >= 15 is 0 Å². The van der Waals surface area contributed by atoms with E-state index in [0.717, 1.165) is 18.4 Å². The number of nitrogens with zero attached hydrogens (tertiary/aromatic N) is 3. The van der Waals surface area contributed by atoms with Gasteiger partial charge in [0.1, 0.15) is 11.4 Å². The maximum absolute atomic E-state index is 14.6. The third-order valence-corrected chi connectivity index (χ3v) is 12.1. The van der Waals surface area contributed by atoms with Crippen molar-refractivity contribution in [1.82, 2.24) is 25.7 Å². The van der Waals surface area contributed by atoms with Crippen LogP contribution >= 0.6 is 11.3 Å². The third-order valence-electron chi connectivity index (χ3n) is 11.0. The van der Waals surface area contributed by atoms with Crippen molar-refractivity contribution < 1.29 is 42.1 Å². The lowest BCUT2D eigenvalue weighted by Gasteiger charge is -2.38. The van der Waals surface area contributed by atoms with Crippen LogP contribution in [0.15, 0.2) is 82.0 Å². The number of carbonyl (C=O) groups excluding carboxylic acids is 3. The van der Waals surface area contributed by atoms with Gasteiger partial charge < -0.3 is 34.0 Å². The number of rotatable bonds is 10. The highest BCUT2D eigenvalue weighted by atomic mass is 32.1. The van der Waals surface area contributed by atoms with E-state index in [1.807, 2.05) is 24.3 Å². The molecule has 59 heavy (non-hydrogen) atoms. The molecule has 2 amide bonds. The second-order valence-corrected chi connectivity index (χ2v) is 17.2. The van der Waals surface area contributed by atoms with Crippen LogP contribution < -0.4 is 10.6 Å². The number of esters is 1. The van der Waals surface area contributed by atoms with Crippen molar-refractivity contribution >= 4 is 34.9 Å². The number of benzene rings is 2. The van der Waals surface area contributed by atoms with Crippen LogP contribution in [0.5, 0.6) is 0 Å². The van der Waals surface area contributed by atoms with Crippen molar-refractivity contribution in [3.63, 3.8) is 0 Å². The molecule has 3 atom stereocenters. The highest BCUT2D eigenvalue weighted by Gasteiger charge is 2.48. The second kappa shape index (κ2) is 16.3. The number of amides is 2. The van der Waals surface area contributed by atoms with Crippen LogP contribution in [0.1, 0.15) is 108 Å². The number of carbonyl (C=O) groups is 3. The van der Waals surface area contributed by atoms with Crippen LogP contribution in [-0.2, 0) is 35.9 Å². The number of ether oxygens (including phenoxy) is 4. The molecule has 5 heterocycles. The number of thiophene rings is 1. The molecule has 0 spiro atoms. The van der Waals surface area contributed by atoms with Gasteiger partial charge in [0.15, 0.2) is 0 Å². The summed E-state index contributed by atoms with van der Waals surface area (Å²) in [5, 5.41) is 15.5. The summed E-state index contributed by atoms with van der Waals surface area (Å²) >= 11 is 1.24. The normalized spacial score (nSPS) is 21.4. The number of aromatic nitrogens is 2. The molecule has 310 valence electrons. The van der Waals surface area contributed by atoms with E-state index < -0.39 is 41.2 Å². The first-order chi connectivity index (χ1) is 28.3. The quantitative estimate of drug-likeness (QED) is 0.152. The summed E-state index contributed by atoms with van der Waals surface area (Å²) in [6.07, 6.45) is 2.33. The van der Waals surface area contributed by atoms with E-state index in [1.165, 1.54) is 29.0 Å². The first kappa shape index (κ1) is 40.4. The van der Waals surface area contributed by atoms with Gasteiger partial charge in [0, 0.05) is 47.3 Å². The number of aryl methyl sites for hydroxylation is 2. The van der Waals surface area contributed by atoms with E-state index in [2.05, 4.69) is 26.9 Å². The van der Waals surface area contributed by atoms with Crippen LogP contribution in [0.2, 0.25) is 0 Å². The van der Waals surface area contributed by atoms with Gasteiger partial charge in [-0.15, -0.1) is 21.5 Å². The van der Waals surface area contributed by atoms with Gasteiger partial charge in [0.25, 0.3) is 5.91 Å². The van der Waals surface area contributed by atoms with E-state index in [0.29, 0.717) is 51.7 Å². The lowest BCUT2D eigenvalue weighted by atomic mass is 9.80. The Morgan fingerprint density at radius 1 is 1.03 bits per heavy atom. The Balaban J connectivity index is 1.29. The first-order valence-electron chi connectivity index (χ1n) is 20.1. The Morgan fingerprint density at radius 2 is 1.80 bits per heavy atom. The van der Waals surface area contributed by atoms with Crippen LogP contribution in [0.25, 0.3) is 5.57 Å². The number of fused-ring (bicyclic) bond motifs is 1. The lowest BCUT2D eigenvalue weighted by Crippen LogP contribution is -2.46. The minimum atomic E-state index is -1.38. The molecule has 0 radical (unpaired) electrons. The zero-order valence-electron chi connectivity index (χ0n) is 33.8. The molecule has 4 aromatic rings. The van der Waals surface area contributed by atoms with E-state index in [9.17, 15) is 18.8 Å². The summed E-state index contributed by atoms with van der Waals surface area (Å²) in [4.78, 5) is 45.2. The Bertz CT molecular complexity index is 2300. The Kier molecular flexibility index (Phi) is 11.2. The molecule has 2 fully saturated rings. The summed E-state index contributed by atoms with van der Waals surface area (Å²) in [6.45, 7) is 9.81. The van der Waals surface area contributed by atoms with Gasteiger partial charge in [-0.05, 0) is 88.8 Å². The molecule has 2 unspecified atom stereocenters. The predicted molar refractivity (Wildman–Crippen MR) is 215 cm³/mol. The van der Waals surface area contributed by atoms with Crippen molar-refractivity contribution in [3.05, 3.63) is 122 Å². The van der Waals surface area contributed by atoms with E-state index in [4.69, 9.17) is 23.4 Å². The molecule has 3 aliphatic heterocycles. The van der Waals surface area contributed by atoms with Crippen molar-refractivity contribution in [2.45, 2.75) is 96.1 Å². The second-order valence-electron chi connectivity index (χ2n) is 16.1. The van der Waals surface area contributed by atoms with Crippen molar-refractivity contribution in [1.29, 1.82) is 0 Å². The molecule has 2 N–H and O–H groups in total. The minimum absolute atomic E-state index is 0.0322. The number of hydrogen-bond acceptors (Lipinski definition) is 12. The number of dihydropyridines is 1. The molecular weight excluding hydrogens is 778 g/mol. The number of hydrogen-bond donors (Lipinski definition) is 2. The molecule has 0 bridgehead atoms. The fourth-order valence-electron chi connectivity index (χ4n) is 8.49. The molecule has 2 aromatic carbocycles. The maximum atomic E-state index is 14.6. The summed E-state index contributed by atoms with van der Waals surface area (Å²) in [6, 6.07) is 16.9. The average molecular weight is 826 g/mol. The Hall–Kier alpha value is -5.38. The van der Waals surface area contributed by atoms with Gasteiger partial charge in [-0.1, -0.05) is 36.4 Å². The predicted octanol–water partition coefficient (Wildman–Crippen LogP) is 7.60. The highest BCUT2D eigenvalue weighted by Crippen LogP contribution is 2.50. The SMILES string of the molecule is CCOC(=O)C1=C([C@@H]2CCCN2C(=O)OC(C)(C)C)NC(CC2(c3ccc(F)cc3)OCCO2)=C(c2nnc(C)o2)C1c1ccc(C(=O)NC2CCc3ccccc32)s1. The van der Waals surface area contributed by atoms with Crippen LogP contribution in [-0.4, -0.2) is 71.1 Å². The summed E-state index contributed by atoms with van der Waals surface area (Å²) in [5.74, 6) is -3.17. The van der Waals surface area contributed by atoms with Crippen LogP contribution in [0.4, 0.5) is 9.18 Å². The van der Waals surface area contributed by atoms with Gasteiger partial charge >= 0.3 is 12.1 Å². The standard InChI is InChI=1S/C44H48FN5O8S/c1-6-54-41(52)37-36(33-19-20-34(59-33)39(51)47-30-18-13-26-10-7-8-11-29(26)30)35(40-49-48-25(2)57-40)31(24-44(55-22-23-56-44)27-14-16-28(45)17-15-27)46-38(37)32-12-9-21-50(32)42(53)58-43(3,4)5/h7-8,10-11,14-17,19-20,30,32,36,46H,6,9,12-13,18,21-24H2,1-5H3,(H,47,51)/t30?,32-,36?/m0/s1. The molecule has 15 heteroatoms. The lowest BCUT2D eigenvalue weighted by molar-refractivity contribution is -0.165. The summed E-state index contributed by atoms with van der Waals surface area (Å²) < 4.78 is 44.9. The summed E-state index contributed by atoms with van der Waals surface area (Å²) in [7, 11) is 0. The fourth-order valence-corrected chi connectivity index (χ4v) is 9.52. The van der Waals surface area contributed by atoms with Crippen molar-refractivity contribution in [2.24, 2.45) is 0 Å². The zero-order chi connectivity index (χ0) is 41.5. The molecule has 2 saturated heterocycles. The zero-order valence-corrected chi connectivity index (χ0v) is 34.6.